The van der Waals surface area contributed by atoms with Gasteiger partial charge < -0.3 is 5.11 Å². The van der Waals surface area contributed by atoms with Crippen LogP contribution >= 0.6 is 0 Å². The molecule has 4 aromatic rings. The van der Waals surface area contributed by atoms with Crippen LogP contribution in [-0.4, -0.2) is 26.0 Å². The summed E-state index contributed by atoms with van der Waals surface area (Å²) in [6.07, 6.45) is 1.45. The number of aromatic carboxylic acids is 1. The van der Waals surface area contributed by atoms with Gasteiger partial charge in [0.05, 0.1) is 11.4 Å². The third kappa shape index (κ3) is 6.32. The SMILES string of the molecule is Cc1nc(-c2[c-]cc(F)cc2)c(-c2ccc(F)cc2)nc1C.O=C(O)c1ccccn1.[Ir]. The van der Waals surface area contributed by atoms with Crippen LogP contribution in [0.4, 0.5) is 8.78 Å². The van der Waals surface area contributed by atoms with Crippen molar-refractivity contribution in [1.29, 1.82) is 0 Å². The third-order valence-electron chi connectivity index (χ3n) is 4.34. The van der Waals surface area contributed by atoms with Crippen molar-refractivity contribution >= 4 is 5.97 Å². The average molecular weight is 611 g/mol. The number of carboxylic acid groups (broad SMARTS) is 1. The summed E-state index contributed by atoms with van der Waals surface area (Å²) in [6, 6.07) is 17.9. The zero-order chi connectivity index (χ0) is 22.4. The van der Waals surface area contributed by atoms with Gasteiger partial charge in [-0.3, -0.25) is 14.4 Å². The van der Waals surface area contributed by atoms with Gasteiger partial charge in [0.2, 0.25) is 0 Å². The second kappa shape index (κ2) is 11.3. The number of rotatable bonds is 3. The van der Waals surface area contributed by atoms with E-state index in [1.807, 2.05) is 13.8 Å². The molecule has 2 aromatic heterocycles. The molecule has 0 atom stereocenters. The molecule has 0 unspecified atom stereocenters. The first kappa shape index (κ1) is 24.9. The molecule has 0 amide bonds. The zero-order valence-electron chi connectivity index (χ0n) is 17.1. The maximum atomic E-state index is 13.1. The minimum absolute atomic E-state index is 0. The number of aryl methyl sites for hydroxylation is 2. The number of carboxylic acids is 1. The Balaban J connectivity index is 0.000000307. The Morgan fingerprint density at radius 1 is 0.875 bits per heavy atom. The normalized spacial score (nSPS) is 9.88. The molecule has 0 aliphatic rings. The van der Waals surface area contributed by atoms with Gasteiger partial charge in [0.1, 0.15) is 11.5 Å². The molecule has 8 heteroatoms. The molecule has 2 heterocycles. The van der Waals surface area contributed by atoms with Gasteiger partial charge in [0.25, 0.3) is 0 Å². The van der Waals surface area contributed by atoms with E-state index in [1.54, 1.807) is 30.3 Å². The van der Waals surface area contributed by atoms with E-state index in [9.17, 15) is 13.6 Å². The molecule has 5 nitrogen and oxygen atoms in total. The molecule has 1 radical (unpaired) electrons. The van der Waals surface area contributed by atoms with Crippen LogP contribution < -0.4 is 0 Å². The number of benzene rings is 2. The van der Waals surface area contributed by atoms with E-state index in [2.05, 4.69) is 21.0 Å². The van der Waals surface area contributed by atoms with Crippen molar-refractivity contribution < 1.29 is 38.8 Å². The quantitative estimate of drug-likeness (QED) is 0.320. The van der Waals surface area contributed by atoms with Crippen molar-refractivity contribution in [3.8, 4) is 22.5 Å². The number of hydrogen-bond acceptors (Lipinski definition) is 4. The maximum Gasteiger partial charge on any atom is 0.354 e. The smallest absolute Gasteiger partial charge is 0.354 e. The summed E-state index contributed by atoms with van der Waals surface area (Å²) in [4.78, 5) is 22.9. The molecule has 32 heavy (non-hydrogen) atoms. The topological polar surface area (TPSA) is 76.0 Å². The minimum atomic E-state index is -0.990. The van der Waals surface area contributed by atoms with Gasteiger partial charge in [0.15, 0.2) is 0 Å². The third-order valence-corrected chi connectivity index (χ3v) is 4.34. The Labute approximate surface area is 197 Å². The monoisotopic (exact) mass is 611 g/mol. The number of halogens is 2. The van der Waals surface area contributed by atoms with E-state index >= 15 is 0 Å². The number of carbonyl (C=O) groups is 1. The Bertz CT molecular complexity index is 1120. The van der Waals surface area contributed by atoms with Crippen molar-refractivity contribution in [3.05, 3.63) is 102 Å². The second-order valence-corrected chi connectivity index (χ2v) is 6.54. The summed E-state index contributed by atoms with van der Waals surface area (Å²) in [5.41, 5.74) is 4.31. The van der Waals surface area contributed by atoms with Crippen LogP contribution in [-0.2, 0) is 20.1 Å². The van der Waals surface area contributed by atoms with Gasteiger partial charge in [-0.2, -0.15) is 0 Å². The molecule has 0 fully saturated rings. The maximum absolute atomic E-state index is 13.1. The van der Waals surface area contributed by atoms with E-state index in [-0.39, 0.29) is 37.4 Å². The minimum Gasteiger partial charge on any atom is -0.477 e. The fraction of sp³-hybridized carbons (Fsp3) is 0.0833. The predicted octanol–water partition coefficient (Wildman–Crippen LogP) is 5.28. The number of aromatic nitrogens is 3. The molecule has 0 bridgehead atoms. The first-order valence-electron chi connectivity index (χ1n) is 9.28. The molecule has 0 saturated carbocycles. The van der Waals surface area contributed by atoms with E-state index in [4.69, 9.17) is 5.11 Å². The standard InChI is InChI=1S/C18H13F2N2.C6H5NO2.Ir/c1-11-12(2)22-18(14-5-9-16(20)10-6-14)17(21-11)13-3-7-15(19)8-4-13;8-6(9)5-3-1-2-4-7-5;/h3-5,7-10H,1-2H3;1-4H,(H,8,9);/q-1;;. The van der Waals surface area contributed by atoms with E-state index in [0.29, 0.717) is 17.0 Å². The van der Waals surface area contributed by atoms with E-state index in [1.165, 1.54) is 36.5 Å². The molecular formula is C24H18F2IrN3O2-. The van der Waals surface area contributed by atoms with Gasteiger partial charge >= 0.3 is 5.97 Å². The van der Waals surface area contributed by atoms with E-state index in [0.717, 1.165) is 17.0 Å². The first-order valence-corrected chi connectivity index (χ1v) is 9.28. The van der Waals surface area contributed by atoms with Crippen molar-refractivity contribution in [1.82, 2.24) is 15.0 Å². The average Bonchev–Trinajstić information content (AvgIpc) is 2.78. The predicted molar refractivity (Wildman–Crippen MR) is 112 cm³/mol. The summed E-state index contributed by atoms with van der Waals surface area (Å²) in [5, 5.41) is 8.32. The van der Waals surface area contributed by atoms with E-state index < -0.39 is 5.97 Å². The molecule has 0 spiro atoms. The summed E-state index contributed by atoms with van der Waals surface area (Å²) < 4.78 is 26.2. The van der Waals surface area contributed by atoms with Crippen LogP contribution in [0.2, 0.25) is 0 Å². The van der Waals surface area contributed by atoms with Crippen LogP contribution in [0.5, 0.6) is 0 Å². The van der Waals surface area contributed by atoms with Gasteiger partial charge in [-0.05, 0) is 43.7 Å². The molecule has 4 rings (SSSR count). The largest absolute Gasteiger partial charge is 0.477 e. The molecule has 0 aliphatic heterocycles. The Morgan fingerprint density at radius 2 is 1.50 bits per heavy atom. The molecule has 1 N–H and O–H groups in total. The number of hydrogen-bond donors (Lipinski definition) is 1. The van der Waals surface area contributed by atoms with Crippen LogP contribution in [0.25, 0.3) is 22.5 Å². The fourth-order valence-electron chi connectivity index (χ4n) is 2.64. The van der Waals surface area contributed by atoms with Crippen molar-refractivity contribution in [2.75, 3.05) is 0 Å². The van der Waals surface area contributed by atoms with Crippen LogP contribution in [0.1, 0.15) is 21.9 Å². The number of nitrogens with zero attached hydrogens (tertiary/aromatic N) is 3. The van der Waals surface area contributed by atoms with Crippen molar-refractivity contribution in [3.63, 3.8) is 0 Å². The zero-order valence-corrected chi connectivity index (χ0v) is 19.5. The summed E-state index contributed by atoms with van der Waals surface area (Å²) in [5.74, 6) is -1.66. The molecule has 0 aliphatic carbocycles. The first-order chi connectivity index (χ1) is 14.8. The molecule has 165 valence electrons. The Kier molecular flexibility index (Phi) is 8.81. The van der Waals surface area contributed by atoms with Crippen molar-refractivity contribution in [2.24, 2.45) is 0 Å². The van der Waals surface area contributed by atoms with Crippen LogP contribution in [0, 0.1) is 31.5 Å². The number of pyridine rings is 1. The van der Waals surface area contributed by atoms with Crippen LogP contribution in [0.3, 0.4) is 0 Å². The molecular weight excluding hydrogens is 592 g/mol. The Hall–Kier alpha value is -3.35. The van der Waals surface area contributed by atoms with Gasteiger partial charge in [-0.1, -0.05) is 18.2 Å². The van der Waals surface area contributed by atoms with Gasteiger partial charge in [0, 0.05) is 43.5 Å². The Morgan fingerprint density at radius 3 is 2.00 bits per heavy atom. The summed E-state index contributed by atoms with van der Waals surface area (Å²) >= 11 is 0. The molecule has 2 aromatic carbocycles. The summed E-state index contributed by atoms with van der Waals surface area (Å²) in [7, 11) is 0. The van der Waals surface area contributed by atoms with Crippen LogP contribution in [0.15, 0.2) is 66.9 Å². The molecule has 0 saturated heterocycles. The fourth-order valence-corrected chi connectivity index (χ4v) is 2.64. The van der Waals surface area contributed by atoms with Gasteiger partial charge in [-0.15, -0.1) is 29.8 Å². The van der Waals surface area contributed by atoms with Gasteiger partial charge in [-0.25, -0.2) is 14.2 Å². The second-order valence-electron chi connectivity index (χ2n) is 6.54. The summed E-state index contributed by atoms with van der Waals surface area (Å²) in [6.45, 7) is 3.73. The van der Waals surface area contributed by atoms with Crippen molar-refractivity contribution in [2.45, 2.75) is 13.8 Å².